The highest BCUT2D eigenvalue weighted by Gasteiger charge is 2.90. The SMILES string of the molecule is CCCOc1ccc(C(C)(O)CC(F)(F)C(F)(F)C(F)(F)C(F)(F)C(F)(F)C(F)(F)F)cc1. The zero-order valence-electron chi connectivity index (χ0n) is 16.7. The highest BCUT2D eigenvalue weighted by Crippen LogP contribution is 2.61. The van der Waals surface area contributed by atoms with Gasteiger partial charge in [-0.05, 0) is 31.0 Å². The van der Waals surface area contributed by atoms with Crippen LogP contribution in [0, 0.1) is 0 Å². The summed E-state index contributed by atoms with van der Waals surface area (Å²) < 4.78 is 177. The molecule has 1 unspecified atom stereocenters. The second kappa shape index (κ2) is 8.69. The minimum Gasteiger partial charge on any atom is -0.494 e. The van der Waals surface area contributed by atoms with Crippen molar-refractivity contribution in [3.63, 3.8) is 0 Å². The van der Waals surface area contributed by atoms with Crippen LogP contribution < -0.4 is 4.74 Å². The van der Waals surface area contributed by atoms with Gasteiger partial charge in [0.15, 0.2) is 0 Å². The number of halogens is 13. The molecule has 0 spiro atoms. The summed E-state index contributed by atoms with van der Waals surface area (Å²) in [7, 11) is 0. The van der Waals surface area contributed by atoms with Crippen molar-refractivity contribution in [2.75, 3.05) is 6.61 Å². The molecule has 192 valence electrons. The Kier molecular flexibility index (Phi) is 7.67. The smallest absolute Gasteiger partial charge is 0.460 e. The molecule has 15 heteroatoms. The Bertz CT molecular complexity index is 799. The number of hydrogen-bond acceptors (Lipinski definition) is 2. The van der Waals surface area contributed by atoms with E-state index in [2.05, 4.69) is 0 Å². The van der Waals surface area contributed by atoms with Crippen LogP contribution in [0.3, 0.4) is 0 Å². The van der Waals surface area contributed by atoms with Gasteiger partial charge in [0, 0.05) is 0 Å². The molecule has 1 atom stereocenters. The van der Waals surface area contributed by atoms with Crippen molar-refractivity contribution in [1.82, 2.24) is 0 Å². The Balaban J connectivity index is 3.33. The first kappa shape index (κ1) is 29.1. The molecule has 1 rings (SSSR count). The number of benzene rings is 1. The molecule has 0 saturated carbocycles. The van der Waals surface area contributed by atoms with E-state index in [1.807, 2.05) is 0 Å². The van der Waals surface area contributed by atoms with Gasteiger partial charge in [-0.1, -0.05) is 19.1 Å². The predicted molar refractivity (Wildman–Crippen MR) is 87.2 cm³/mol. The lowest BCUT2D eigenvalue weighted by molar-refractivity contribution is -0.441. The highest BCUT2D eigenvalue weighted by molar-refractivity contribution is 5.31. The third-order valence-electron chi connectivity index (χ3n) is 4.51. The average molecular weight is 512 g/mol. The fraction of sp³-hybridized carbons (Fsp3) is 0.667. The Morgan fingerprint density at radius 1 is 0.697 bits per heavy atom. The number of alkyl halides is 13. The van der Waals surface area contributed by atoms with E-state index in [4.69, 9.17) is 4.74 Å². The van der Waals surface area contributed by atoms with E-state index in [-0.39, 0.29) is 12.4 Å². The van der Waals surface area contributed by atoms with Crippen LogP contribution >= 0.6 is 0 Å². The van der Waals surface area contributed by atoms with Crippen molar-refractivity contribution in [3.05, 3.63) is 29.8 Å². The second-order valence-corrected chi connectivity index (χ2v) is 7.32. The van der Waals surface area contributed by atoms with Crippen LogP contribution in [0.1, 0.15) is 32.3 Å². The molecule has 0 radical (unpaired) electrons. The molecule has 2 nitrogen and oxygen atoms in total. The van der Waals surface area contributed by atoms with Gasteiger partial charge in [-0.2, -0.15) is 57.1 Å². The molecule has 1 N–H and O–H groups in total. The van der Waals surface area contributed by atoms with Gasteiger partial charge in [0.1, 0.15) is 5.75 Å². The van der Waals surface area contributed by atoms with Gasteiger partial charge in [-0.15, -0.1) is 0 Å². The van der Waals surface area contributed by atoms with Crippen molar-refractivity contribution in [2.24, 2.45) is 0 Å². The lowest BCUT2D eigenvalue weighted by Gasteiger charge is -2.41. The molecule has 1 aromatic carbocycles. The molecular formula is C18H17F13O2. The number of rotatable bonds is 10. The van der Waals surface area contributed by atoms with Crippen molar-refractivity contribution in [3.8, 4) is 5.75 Å². The van der Waals surface area contributed by atoms with Crippen molar-refractivity contribution in [2.45, 2.75) is 68.1 Å². The molecule has 0 aliphatic carbocycles. The largest absolute Gasteiger partial charge is 0.494 e. The summed E-state index contributed by atoms with van der Waals surface area (Å²) in [5.74, 6) is -37.4. The highest BCUT2D eigenvalue weighted by atomic mass is 19.4. The van der Waals surface area contributed by atoms with Crippen molar-refractivity contribution < 1.29 is 66.9 Å². The Morgan fingerprint density at radius 3 is 1.52 bits per heavy atom. The van der Waals surface area contributed by atoms with Crippen LogP contribution in [0.4, 0.5) is 57.1 Å². The molecule has 0 saturated heterocycles. The quantitative estimate of drug-likeness (QED) is 0.349. The molecule has 0 aliphatic rings. The molecule has 0 aromatic heterocycles. The van der Waals surface area contributed by atoms with Crippen LogP contribution in [0.25, 0.3) is 0 Å². The summed E-state index contributed by atoms with van der Waals surface area (Å²) in [6.07, 6.45) is -9.67. The van der Waals surface area contributed by atoms with E-state index in [0.717, 1.165) is 24.3 Å². The van der Waals surface area contributed by atoms with E-state index in [0.29, 0.717) is 13.3 Å². The van der Waals surface area contributed by atoms with Crippen LogP contribution in [0.15, 0.2) is 24.3 Å². The van der Waals surface area contributed by atoms with Gasteiger partial charge in [-0.25, -0.2) is 0 Å². The molecule has 0 fully saturated rings. The lowest BCUT2D eigenvalue weighted by atomic mass is 9.84. The molecule has 1 aromatic rings. The molecule has 0 aliphatic heterocycles. The van der Waals surface area contributed by atoms with Gasteiger partial charge < -0.3 is 9.84 Å². The molecular weight excluding hydrogens is 495 g/mol. The van der Waals surface area contributed by atoms with E-state index < -0.39 is 53.4 Å². The van der Waals surface area contributed by atoms with Crippen LogP contribution in [-0.4, -0.2) is 47.5 Å². The first-order chi connectivity index (χ1) is 14.5. The van der Waals surface area contributed by atoms with E-state index in [1.165, 1.54) is 0 Å². The average Bonchev–Trinajstić information content (AvgIpc) is 2.64. The van der Waals surface area contributed by atoms with E-state index in [1.54, 1.807) is 6.92 Å². The maximum absolute atomic E-state index is 14.1. The van der Waals surface area contributed by atoms with Gasteiger partial charge >= 0.3 is 35.8 Å². The predicted octanol–water partition coefficient (Wildman–Crippen LogP) is 6.81. The lowest BCUT2D eigenvalue weighted by Crippen LogP contribution is -2.70. The van der Waals surface area contributed by atoms with Gasteiger partial charge in [0.2, 0.25) is 0 Å². The van der Waals surface area contributed by atoms with Crippen molar-refractivity contribution in [1.29, 1.82) is 0 Å². The van der Waals surface area contributed by atoms with Crippen LogP contribution in [-0.2, 0) is 5.60 Å². The fourth-order valence-corrected chi connectivity index (χ4v) is 2.58. The minimum atomic E-state index is -7.98. The maximum atomic E-state index is 14.1. The van der Waals surface area contributed by atoms with E-state index in [9.17, 15) is 62.2 Å². The standard InChI is InChI=1S/C18H17F13O2/c1-3-8-33-11-6-4-10(5-7-11)12(2,32)9-13(19,20)14(21,22)15(23,24)16(25,26)17(27,28)18(29,30)31/h4-7,32H,3,8-9H2,1-2H3. The first-order valence-electron chi connectivity index (χ1n) is 8.91. The molecule has 0 amide bonds. The number of aliphatic hydroxyl groups is 1. The van der Waals surface area contributed by atoms with Crippen LogP contribution in [0.2, 0.25) is 0 Å². The summed E-state index contributed by atoms with van der Waals surface area (Å²) >= 11 is 0. The molecule has 0 heterocycles. The summed E-state index contributed by atoms with van der Waals surface area (Å²) in [6, 6.07) is 3.79. The summed E-state index contributed by atoms with van der Waals surface area (Å²) in [4.78, 5) is 0. The third kappa shape index (κ3) is 4.97. The second-order valence-electron chi connectivity index (χ2n) is 7.32. The normalized spacial score (nSPS) is 16.5. The zero-order chi connectivity index (χ0) is 26.3. The Labute approximate surface area is 178 Å². The molecule has 0 bridgehead atoms. The number of ether oxygens (including phenoxy) is 1. The Morgan fingerprint density at radius 2 is 1.12 bits per heavy atom. The topological polar surface area (TPSA) is 29.5 Å². The number of hydrogen-bond donors (Lipinski definition) is 1. The van der Waals surface area contributed by atoms with Crippen LogP contribution in [0.5, 0.6) is 5.75 Å². The fourth-order valence-electron chi connectivity index (χ4n) is 2.58. The maximum Gasteiger partial charge on any atom is 0.460 e. The Hall–Kier alpha value is -1.93. The monoisotopic (exact) mass is 512 g/mol. The summed E-state index contributed by atoms with van der Waals surface area (Å²) in [5, 5.41) is 10.1. The minimum absolute atomic E-state index is 0.119. The third-order valence-corrected chi connectivity index (χ3v) is 4.51. The van der Waals surface area contributed by atoms with E-state index >= 15 is 0 Å². The molecule has 33 heavy (non-hydrogen) atoms. The van der Waals surface area contributed by atoms with Gasteiger partial charge in [0.05, 0.1) is 18.6 Å². The van der Waals surface area contributed by atoms with Gasteiger partial charge in [-0.3, -0.25) is 0 Å². The van der Waals surface area contributed by atoms with Gasteiger partial charge in [0.25, 0.3) is 0 Å². The zero-order valence-corrected chi connectivity index (χ0v) is 16.7. The summed E-state index contributed by atoms with van der Waals surface area (Å²) in [5.41, 5.74) is -3.77. The van der Waals surface area contributed by atoms with Crippen molar-refractivity contribution >= 4 is 0 Å². The first-order valence-corrected chi connectivity index (χ1v) is 8.91. The summed E-state index contributed by atoms with van der Waals surface area (Å²) in [6.45, 7) is 2.32.